The van der Waals surface area contributed by atoms with E-state index in [4.69, 9.17) is 4.74 Å². The van der Waals surface area contributed by atoms with Crippen molar-refractivity contribution in [2.75, 3.05) is 11.9 Å². The summed E-state index contributed by atoms with van der Waals surface area (Å²) >= 11 is 3.41. The summed E-state index contributed by atoms with van der Waals surface area (Å²) in [5.41, 5.74) is 0. The molecule has 17 heavy (non-hydrogen) atoms. The molecule has 0 rings (SSSR count). The summed E-state index contributed by atoms with van der Waals surface area (Å²) in [6.45, 7) is 2.62. The number of carbonyl (C=O) groups excluding carboxylic acids is 1. The van der Waals surface area contributed by atoms with Crippen molar-refractivity contribution >= 4 is 21.9 Å². The van der Waals surface area contributed by atoms with Gasteiger partial charge in [-0.1, -0.05) is 54.3 Å². The number of hydrogen-bond donors (Lipinski definition) is 0. The van der Waals surface area contributed by atoms with E-state index in [0.29, 0.717) is 13.0 Å². The number of allylic oxidation sites excluding steroid dienone is 1. The minimum Gasteiger partial charge on any atom is -0.465 e. The predicted octanol–water partition coefficient (Wildman–Crippen LogP) is 4.62. The number of alkyl halides is 1. The first-order chi connectivity index (χ1) is 8.31. The van der Waals surface area contributed by atoms with E-state index >= 15 is 0 Å². The van der Waals surface area contributed by atoms with E-state index in [2.05, 4.69) is 35.0 Å². The molecule has 0 bridgehead atoms. The van der Waals surface area contributed by atoms with E-state index in [1.54, 1.807) is 0 Å². The van der Waals surface area contributed by atoms with Crippen LogP contribution in [-0.4, -0.2) is 17.9 Å². The number of unbranched alkanes of at least 4 members (excludes halogenated alkanes) is 4. The van der Waals surface area contributed by atoms with Crippen molar-refractivity contribution in [2.24, 2.45) is 0 Å². The van der Waals surface area contributed by atoms with Crippen LogP contribution in [0.25, 0.3) is 0 Å². The topological polar surface area (TPSA) is 26.3 Å². The molecule has 0 aromatic rings. The molecule has 0 saturated heterocycles. The maximum absolute atomic E-state index is 11.3. The lowest BCUT2D eigenvalue weighted by Crippen LogP contribution is -2.04. The minimum absolute atomic E-state index is 0.0459. The van der Waals surface area contributed by atoms with Crippen molar-refractivity contribution in [3.63, 3.8) is 0 Å². The van der Waals surface area contributed by atoms with E-state index in [0.717, 1.165) is 31.0 Å². The zero-order valence-electron chi connectivity index (χ0n) is 10.9. The normalized spacial score (nSPS) is 10.9. The molecule has 0 unspecified atom stereocenters. The van der Waals surface area contributed by atoms with E-state index in [1.165, 1.54) is 19.3 Å². The van der Waals surface area contributed by atoms with Crippen LogP contribution in [0.4, 0.5) is 0 Å². The van der Waals surface area contributed by atoms with Crippen molar-refractivity contribution in [3.8, 4) is 0 Å². The molecule has 0 aromatic carbocycles. The van der Waals surface area contributed by atoms with Gasteiger partial charge in [-0.25, -0.2) is 0 Å². The largest absolute Gasteiger partial charge is 0.465 e. The van der Waals surface area contributed by atoms with Gasteiger partial charge in [0, 0.05) is 11.8 Å². The number of rotatable bonds is 11. The summed E-state index contributed by atoms with van der Waals surface area (Å²) in [7, 11) is 0. The molecule has 0 radical (unpaired) electrons. The fraction of sp³-hybridized carbons (Fsp3) is 0.786. The summed E-state index contributed by atoms with van der Waals surface area (Å²) < 4.78 is 5.12. The maximum Gasteiger partial charge on any atom is 0.305 e. The molecule has 100 valence electrons. The summed E-state index contributed by atoms with van der Waals surface area (Å²) in [6, 6.07) is 0. The van der Waals surface area contributed by atoms with Crippen LogP contribution >= 0.6 is 15.9 Å². The second-order valence-electron chi connectivity index (χ2n) is 4.10. The van der Waals surface area contributed by atoms with Gasteiger partial charge < -0.3 is 4.74 Å². The van der Waals surface area contributed by atoms with E-state index in [9.17, 15) is 4.79 Å². The van der Waals surface area contributed by atoms with Crippen molar-refractivity contribution in [1.29, 1.82) is 0 Å². The Hall–Kier alpha value is -0.310. The van der Waals surface area contributed by atoms with Gasteiger partial charge in [-0.05, 0) is 25.7 Å². The molecular weight excluding hydrogens is 280 g/mol. The molecule has 0 atom stereocenters. The van der Waals surface area contributed by atoms with Crippen LogP contribution in [0.2, 0.25) is 0 Å². The Morgan fingerprint density at radius 3 is 2.53 bits per heavy atom. The Bertz CT molecular complexity index is 202. The molecule has 3 heteroatoms. The maximum atomic E-state index is 11.3. The van der Waals surface area contributed by atoms with E-state index < -0.39 is 0 Å². The Kier molecular flexibility index (Phi) is 13.5. The van der Waals surface area contributed by atoms with Crippen LogP contribution in [0.15, 0.2) is 12.2 Å². The highest BCUT2D eigenvalue weighted by atomic mass is 79.9. The van der Waals surface area contributed by atoms with Gasteiger partial charge in [-0.2, -0.15) is 0 Å². The van der Waals surface area contributed by atoms with Crippen LogP contribution in [0.5, 0.6) is 0 Å². The number of esters is 1. The van der Waals surface area contributed by atoms with Gasteiger partial charge >= 0.3 is 5.97 Å². The Labute approximate surface area is 114 Å². The lowest BCUT2D eigenvalue weighted by atomic mass is 10.1. The average molecular weight is 305 g/mol. The molecule has 0 fully saturated rings. The van der Waals surface area contributed by atoms with Crippen LogP contribution in [0.1, 0.15) is 58.3 Å². The highest BCUT2D eigenvalue weighted by Gasteiger charge is 2.01. The third-order valence-electron chi connectivity index (χ3n) is 2.46. The summed E-state index contributed by atoms with van der Waals surface area (Å²) in [5.74, 6) is -0.0459. The van der Waals surface area contributed by atoms with Crippen LogP contribution < -0.4 is 0 Å². The molecule has 0 N–H and O–H groups in total. The third kappa shape index (κ3) is 13.6. The Morgan fingerprint density at radius 2 is 1.82 bits per heavy atom. The Morgan fingerprint density at radius 1 is 1.12 bits per heavy atom. The Balaban J connectivity index is 3.20. The van der Waals surface area contributed by atoms with Gasteiger partial charge in [0.05, 0.1) is 6.61 Å². The molecule has 0 aliphatic carbocycles. The molecule has 0 aliphatic heterocycles. The average Bonchev–Trinajstić information content (AvgIpc) is 2.33. The number of hydrogen-bond acceptors (Lipinski definition) is 2. The number of carbonyl (C=O) groups is 1. The first-order valence-corrected chi connectivity index (χ1v) is 7.80. The highest BCUT2D eigenvalue weighted by molar-refractivity contribution is 9.09. The smallest absolute Gasteiger partial charge is 0.305 e. The summed E-state index contributed by atoms with van der Waals surface area (Å²) in [6.07, 6.45) is 12.4. The van der Waals surface area contributed by atoms with Crippen molar-refractivity contribution in [3.05, 3.63) is 12.2 Å². The summed E-state index contributed by atoms with van der Waals surface area (Å²) in [4.78, 5) is 11.3. The predicted molar refractivity (Wildman–Crippen MR) is 76.5 cm³/mol. The van der Waals surface area contributed by atoms with Crippen molar-refractivity contribution in [2.45, 2.75) is 58.3 Å². The summed E-state index contributed by atoms with van der Waals surface area (Å²) in [5, 5.41) is 1.08. The number of halogens is 1. The van der Waals surface area contributed by atoms with E-state index in [-0.39, 0.29) is 5.97 Å². The SMILES string of the molecule is CC/C=C\CCOC(=O)CCCCCCCBr. The number of ether oxygens (including phenoxy) is 1. The second kappa shape index (κ2) is 13.8. The quantitative estimate of drug-likeness (QED) is 0.241. The van der Waals surface area contributed by atoms with Crippen LogP contribution in [0, 0.1) is 0 Å². The van der Waals surface area contributed by atoms with Crippen LogP contribution in [0.3, 0.4) is 0 Å². The first kappa shape index (κ1) is 16.7. The second-order valence-corrected chi connectivity index (χ2v) is 4.89. The van der Waals surface area contributed by atoms with Gasteiger partial charge in [0.25, 0.3) is 0 Å². The monoisotopic (exact) mass is 304 g/mol. The molecule has 0 heterocycles. The van der Waals surface area contributed by atoms with Gasteiger partial charge in [0.1, 0.15) is 0 Å². The molecule has 0 aromatic heterocycles. The van der Waals surface area contributed by atoms with E-state index in [1.807, 2.05) is 0 Å². The zero-order chi connectivity index (χ0) is 12.8. The highest BCUT2D eigenvalue weighted by Crippen LogP contribution is 2.07. The molecule has 0 aliphatic rings. The van der Waals surface area contributed by atoms with Gasteiger partial charge in [0.2, 0.25) is 0 Å². The lowest BCUT2D eigenvalue weighted by Gasteiger charge is -2.03. The van der Waals surface area contributed by atoms with Gasteiger partial charge in [-0.3, -0.25) is 4.79 Å². The molecule has 0 spiro atoms. The molecular formula is C14H25BrO2. The molecule has 0 saturated carbocycles. The lowest BCUT2D eigenvalue weighted by molar-refractivity contribution is -0.143. The third-order valence-corrected chi connectivity index (χ3v) is 3.03. The molecule has 0 amide bonds. The fourth-order valence-corrected chi connectivity index (χ4v) is 1.89. The van der Waals surface area contributed by atoms with Crippen LogP contribution in [-0.2, 0) is 9.53 Å². The van der Waals surface area contributed by atoms with Gasteiger partial charge in [-0.15, -0.1) is 0 Å². The molecule has 2 nitrogen and oxygen atoms in total. The zero-order valence-corrected chi connectivity index (χ0v) is 12.5. The standard InChI is InChI=1S/C14H25BrO2/c1-2-3-4-10-13-17-14(16)11-8-6-5-7-9-12-15/h3-4H,2,5-13H2,1H3/b4-3-. The minimum atomic E-state index is -0.0459. The van der Waals surface area contributed by atoms with Gasteiger partial charge in [0.15, 0.2) is 0 Å². The van der Waals surface area contributed by atoms with Crippen molar-refractivity contribution in [1.82, 2.24) is 0 Å². The van der Waals surface area contributed by atoms with Crippen molar-refractivity contribution < 1.29 is 9.53 Å². The fourth-order valence-electron chi connectivity index (χ4n) is 1.49. The first-order valence-electron chi connectivity index (χ1n) is 6.67.